The van der Waals surface area contributed by atoms with Crippen LogP contribution in [0.25, 0.3) is 0 Å². The monoisotopic (exact) mass is 305 g/mol. The van der Waals surface area contributed by atoms with Crippen molar-refractivity contribution in [2.75, 3.05) is 0 Å². The van der Waals surface area contributed by atoms with Gasteiger partial charge in [-0.15, -0.1) is 12.3 Å². The van der Waals surface area contributed by atoms with E-state index in [1.54, 1.807) is 0 Å². The van der Waals surface area contributed by atoms with Crippen molar-refractivity contribution < 1.29 is 13.2 Å². The molecule has 1 aromatic rings. The Morgan fingerprint density at radius 2 is 2.06 bits per heavy atom. The third-order valence-corrected chi connectivity index (χ3v) is 3.04. The summed E-state index contributed by atoms with van der Waals surface area (Å²) in [6.07, 6.45) is 1.62. The second-order valence-corrected chi connectivity index (χ2v) is 4.44. The molecule has 0 saturated carbocycles. The normalized spacial score (nSPS) is 13.2. The third kappa shape index (κ3) is 3.76. The molecule has 0 aliphatic rings. The van der Waals surface area contributed by atoms with Crippen LogP contribution in [0, 0.1) is 12.3 Å². The molecule has 0 aliphatic carbocycles. The number of rotatable bonds is 3. The molecule has 0 aliphatic heterocycles. The first-order valence-electron chi connectivity index (χ1n) is 4.92. The maximum Gasteiger partial charge on any atom is 0.416 e. The SMILES string of the molecule is C#CCCC(N)c1cc(C(F)(F)F)ccc1Br. The third-order valence-electron chi connectivity index (χ3n) is 2.32. The molecule has 1 nitrogen and oxygen atoms in total. The van der Waals surface area contributed by atoms with Crippen molar-refractivity contribution in [1.29, 1.82) is 0 Å². The largest absolute Gasteiger partial charge is 0.416 e. The summed E-state index contributed by atoms with van der Waals surface area (Å²) in [5.41, 5.74) is 5.53. The molecule has 1 unspecified atom stereocenters. The van der Waals surface area contributed by atoms with Gasteiger partial charge >= 0.3 is 6.18 Å². The van der Waals surface area contributed by atoms with E-state index in [1.165, 1.54) is 6.07 Å². The van der Waals surface area contributed by atoms with Gasteiger partial charge in [0.05, 0.1) is 5.56 Å². The fourth-order valence-electron chi connectivity index (χ4n) is 1.40. The highest BCUT2D eigenvalue weighted by Gasteiger charge is 2.31. The quantitative estimate of drug-likeness (QED) is 0.843. The Morgan fingerprint density at radius 1 is 1.41 bits per heavy atom. The van der Waals surface area contributed by atoms with E-state index in [1.807, 2.05) is 0 Å². The summed E-state index contributed by atoms with van der Waals surface area (Å²) < 4.78 is 38.1. The van der Waals surface area contributed by atoms with Crippen molar-refractivity contribution in [2.45, 2.75) is 25.1 Å². The van der Waals surface area contributed by atoms with Gasteiger partial charge in [0.2, 0.25) is 0 Å². The smallest absolute Gasteiger partial charge is 0.324 e. The Hall–Kier alpha value is -0.990. The minimum absolute atomic E-state index is 0.426. The van der Waals surface area contributed by atoms with Gasteiger partial charge in [0.25, 0.3) is 0 Å². The first-order chi connectivity index (χ1) is 7.86. The molecule has 2 N–H and O–H groups in total. The van der Waals surface area contributed by atoms with Crippen LogP contribution in [-0.2, 0) is 6.18 Å². The van der Waals surface area contributed by atoms with E-state index in [0.717, 1.165) is 12.1 Å². The van der Waals surface area contributed by atoms with Crippen LogP contribution in [0.3, 0.4) is 0 Å². The molecule has 1 aromatic carbocycles. The van der Waals surface area contributed by atoms with Gasteiger partial charge in [-0.05, 0) is 30.2 Å². The average molecular weight is 306 g/mol. The summed E-state index contributed by atoms with van der Waals surface area (Å²) in [4.78, 5) is 0. The zero-order valence-corrected chi connectivity index (χ0v) is 10.5. The number of terminal acetylenes is 1. The van der Waals surface area contributed by atoms with Crippen molar-refractivity contribution in [3.05, 3.63) is 33.8 Å². The minimum atomic E-state index is -4.36. The molecule has 0 aromatic heterocycles. The van der Waals surface area contributed by atoms with E-state index in [-0.39, 0.29) is 0 Å². The summed E-state index contributed by atoms with van der Waals surface area (Å²) in [7, 11) is 0. The van der Waals surface area contributed by atoms with Crippen LogP contribution in [0.5, 0.6) is 0 Å². The number of benzene rings is 1. The first-order valence-corrected chi connectivity index (χ1v) is 5.71. The van der Waals surface area contributed by atoms with Crippen molar-refractivity contribution >= 4 is 15.9 Å². The Morgan fingerprint density at radius 3 is 2.59 bits per heavy atom. The molecule has 0 amide bonds. The van der Waals surface area contributed by atoms with E-state index in [2.05, 4.69) is 21.9 Å². The topological polar surface area (TPSA) is 26.0 Å². The van der Waals surface area contributed by atoms with Gasteiger partial charge in [-0.1, -0.05) is 15.9 Å². The lowest BCUT2D eigenvalue weighted by molar-refractivity contribution is -0.137. The number of halogens is 4. The molecule has 0 saturated heterocycles. The number of alkyl halides is 3. The Kier molecular flexibility index (Phi) is 4.61. The predicted octanol–water partition coefficient (Wildman–Crippen LogP) is 3.88. The van der Waals surface area contributed by atoms with Gasteiger partial charge in [-0.3, -0.25) is 0 Å². The van der Waals surface area contributed by atoms with Crippen molar-refractivity contribution in [2.24, 2.45) is 5.73 Å². The highest BCUT2D eigenvalue weighted by molar-refractivity contribution is 9.10. The molecule has 0 spiro atoms. The maximum absolute atomic E-state index is 12.5. The predicted molar refractivity (Wildman–Crippen MR) is 64.1 cm³/mol. The van der Waals surface area contributed by atoms with Crippen molar-refractivity contribution in [3.8, 4) is 12.3 Å². The number of hydrogen-bond donors (Lipinski definition) is 1. The van der Waals surface area contributed by atoms with E-state index in [9.17, 15) is 13.2 Å². The van der Waals surface area contributed by atoms with Crippen LogP contribution < -0.4 is 5.73 Å². The molecule has 92 valence electrons. The summed E-state index contributed by atoms with van der Waals surface area (Å²) in [5, 5.41) is 0. The second-order valence-electron chi connectivity index (χ2n) is 3.58. The molecule has 1 rings (SSSR count). The fraction of sp³-hybridized carbons (Fsp3) is 0.333. The zero-order valence-electron chi connectivity index (χ0n) is 8.89. The summed E-state index contributed by atoms with van der Waals surface area (Å²) in [6.45, 7) is 0. The lowest BCUT2D eigenvalue weighted by atomic mass is 10.0. The molecule has 1 atom stereocenters. The fourth-order valence-corrected chi connectivity index (χ4v) is 1.94. The molecule has 5 heteroatoms. The molecule has 0 bridgehead atoms. The lowest BCUT2D eigenvalue weighted by Crippen LogP contribution is -2.13. The van der Waals surface area contributed by atoms with Gasteiger partial charge in [0, 0.05) is 16.9 Å². The Bertz CT molecular complexity index is 434. The molecular formula is C12H11BrF3N. The lowest BCUT2D eigenvalue weighted by Gasteiger charge is -2.15. The van der Waals surface area contributed by atoms with Gasteiger partial charge in [0.15, 0.2) is 0 Å². The molecule has 0 radical (unpaired) electrons. The zero-order chi connectivity index (χ0) is 13.1. The van der Waals surface area contributed by atoms with Crippen molar-refractivity contribution in [3.63, 3.8) is 0 Å². The van der Waals surface area contributed by atoms with Crippen molar-refractivity contribution in [1.82, 2.24) is 0 Å². The van der Waals surface area contributed by atoms with E-state index in [4.69, 9.17) is 12.2 Å². The first kappa shape index (κ1) is 14.1. The van der Waals surface area contributed by atoms with Crippen LogP contribution in [0.4, 0.5) is 13.2 Å². The van der Waals surface area contributed by atoms with E-state index in [0.29, 0.717) is 22.9 Å². The summed E-state index contributed by atoms with van der Waals surface area (Å²) in [6, 6.07) is 2.93. The molecule has 0 heterocycles. The Balaban J connectivity index is 3.03. The van der Waals surface area contributed by atoms with Crippen LogP contribution in [0.2, 0.25) is 0 Å². The van der Waals surface area contributed by atoms with Crippen LogP contribution >= 0.6 is 15.9 Å². The van der Waals surface area contributed by atoms with Gasteiger partial charge < -0.3 is 5.73 Å². The highest BCUT2D eigenvalue weighted by atomic mass is 79.9. The van der Waals surface area contributed by atoms with Crippen LogP contribution in [-0.4, -0.2) is 0 Å². The number of hydrogen-bond acceptors (Lipinski definition) is 1. The van der Waals surface area contributed by atoms with Gasteiger partial charge in [-0.25, -0.2) is 0 Å². The highest BCUT2D eigenvalue weighted by Crippen LogP contribution is 2.34. The molecular weight excluding hydrogens is 295 g/mol. The molecule has 0 fully saturated rings. The molecule has 17 heavy (non-hydrogen) atoms. The number of nitrogens with two attached hydrogens (primary N) is 1. The standard InChI is InChI=1S/C12H11BrF3N/c1-2-3-4-11(17)9-7-8(12(14,15)16)5-6-10(9)13/h1,5-7,11H,3-4,17H2. The van der Waals surface area contributed by atoms with Crippen LogP contribution in [0.15, 0.2) is 22.7 Å². The maximum atomic E-state index is 12.5. The minimum Gasteiger partial charge on any atom is -0.324 e. The van der Waals surface area contributed by atoms with Crippen LogP contribution in [0.1, 0.15) is 30.0 Å². The average Bonchev–Trinajstić information content (AvgIpc) is 2.24. The summed E-state index contributed by atoms with van der Waals surface area (Å²) >= 11 is 3.19. The van der Waals surface area contributed by atoms with E-state index < -0.39 is 17.8 Å². The van der Waals surface area contributed by atoms with E-state index >= 15 is 0 Å². The van der Waals surface area contributed by atoms with Gasteiger partial charge in [-0.2, -0.15) is 13.2 Å². The summed E-state index contributed by atoms with van der Waals surface area (Å²) in [5.74, 6) is 2.42. The van der Waals surface area contributed by atoms with Gasteiger partial charge in [0.1, 0.15) is 0 Å². The Labute approximate surface area is 106 Å². The second kappa shape index (κ2) is 5.56.